The van der Waals surface area contributed by atoms with Gasteiger partial charge in [-0.15, -0.1) is 0 Å². The van der Waals surface area contributed by atoms with E-state index in [1.807, 2.05) is 25.1 Å². The predicted molar refractivity (Wildman–Crippen MR) is 107 cm³/mol. The van der Waals surface area contributed by atoms with E-state index in [4.69, 9.17) is 5.11 Å². The van der Waals surface area contributed by atoms with Crippen molar-refractivity contribution in [3.8, 4) is 0 Å². The maximum absolute atomic E-state index is 13.0. The molecule has 2 heterocycles. The Bertz CT molecular complexity index is 820. The molecule has 1 aromatic carbocycles. The second-order valence-electron chi connectivity index (χ2n) is 6.41. The molecule has 0 unspecified atom stereocenters. The number of β-amino-alcohol motifs (C(OH)–C–C–N with tert-alkyl or cyclic N) is 1. The van der Waals surface area contributed by atoms with Crippen LogP contribution < -0.4 is 9.21 Å². The summed E-state index contributed by atoms with van der Waals surface area (Å²) in [7, 11) is -3.65. The van der Waals surface area contributed by atoms with Crippen molar-refractivity contribution in [1.82, 2.24) is 9.88 Å². The molecular weight excluding hydrogens is 364 g/mol. The van der Waals surface area contributed by atoms with Crippen molar-refractivity contribution >= 4 is 21.5 Å². The zero-order valence-electron chi connectivity index (χ0n) is 15.5. The van der Waals surface area contributed by atoms with Crippen molar-refractivity contribution in [3.63, 3.8) is 0 Å². The molecule has 2 aromatic rings. The molecule has 1 aliphatic rings. The highest BCUT2D eigenvalue weighted by molar-refractivity contribution is 7.92. The number of hydrogen-bond acceptors (Lipinski definition) is 6. The number of nitrogens with zero attached hydrogens (tertiary/aromatic N) is 4. The second-order valence-corrected chi connectivity index (χ2v) is 8.27. The van der Waals surface area contributed by atoms with E-state index >= 15 is 0 Å². The van der Waals surface area contributed by atoms with Gasteiger partial charge in [0.15, 0.2) is 0 Å². The summed E-state index contributed by atoms with van der Waals surface area (Å²) in [6, 6.07) is 12.5. The number of hydrogen-bond donors (Lipinski definition) is 1. The number of pyridine rings is 1. The summed E-state index contributed by atoms with van der Waals surface area (Å²) in [6.07, 6.45) is 1.44. The zero-order chi connectivity index (χ0) is 19.3. The highest BCUT2D eigenvalue weighted by Gasteiger charge is 2.24. The maximum Gasteiger partial charge on any atom is 0.265 e. The van der Waals surface area contributed by atoms with Crippen LogP contribution in [-0.2, 0) is 10.0 Å². The summed E-state index contributed by atoms with van der Waals surface area (Å²) in [4.78, 5) is 8.93. The van der Waals surface area contributed by atoms with E-state index in [2.05, 4.69) is 14.8 Å². The standard InChI is InChI=1S/C19H26N4O3S/c1-2-23(17-6-4-3-5-7-17)27(25,26)18-8-9-19(20-16-18)22-12-10-21(11-13-22)14-15-24/h3-9,16,24H,2,10-15H2,1H3. The number of aliphatic hydroxyl groups excluding tert-OH is 1. The lowest BCUT2D eigenvalue weighted by Crippen LogP contribution is -2.47. The van der Waals surface area contributed by atoms with Crippen LogP contribution in [0.2, 0.25) is 0 Å². The molecule has 1 aliphatic heterocycles. The third-order valence-corrected chi connectivity index (χ3v) is 6.64. The topological polar surface area (TPSA) is 77.0 Å². The highest BCUT2D eigenvalue weighted by Crippen LogP contribution is 2.24. The minimum Gasteiger partial charge on any atom is -0.395 e. The molecule has 7 nitrogen and oxygen atoms in total. The van der Waals surface area contributed by atoms with E-state index < -0.39 is 10.0 Å². The van der Waals surface area contributed by atoms with E-state index in [0.29, 0.717) is 18.8 Å². The summed E-state index contributed by atoms with van der Waals surface area (Å²) >= 11 is 0. The Labute approximate surface area is 160 Å². The second kappa shape index (κ2) is 8.69. The molecule has 0 aliphatic carbocycles. The fourth-order valence-corrected chi connectivity index (χ4v) is 4.69. The maximum atomic E-state index is 13.0. The number of aromatic nitrogens is 1. The number of anilines is 2. The largest absolute Gasteiger partial charge is 0.395 e. The van der Waals surface area contributed by atoms with E-state index in [-0.39, 0.29) is 11.5 Å². The van der Waals surface area contributed by atoms with Crippen molar-refractivity contribution in [2.75, 3.05) is 55.1 Å². The van der Waals surface area contributed by atoms with Crippen LogP contribution >= 0.6 is 0 Å². The SMILES string of the molecule is CCN(c1ccccc1)S(=O)(=O)c1ccc(N2CCN(CCO)CC2)nc1. The molecule has 27 heavy (non-hydrogen) atoms. The fraction of sp³-hybridized carbons (Fsp3) is 0.421. The number of sulfonamides is 1. The first-order chi connectivity index (χ1) is 13.1. The van der Waals surface area contributed by atoms with Gasteiger partial charge in [-0.25, -0.2) is 13.4 Å². The van der Waals surface area contributed by atoms with Gasteiger partial charge in [0.1, 0.15) is 10.7 Å². The number of piperazine rings is 1. The van der Waals surface area contributed by atoms with Crippen LogP contribution in [-0.4, -0.2) is 69.3 Å². The average molecular weight is 391 g/mol. The van der Waals surface area contributed by atoms with Gasteiger partial charge in [-0.05, 0) is 31.2 Å². The lowest BCUT2D eigenvalue weighted by molar-refractivity contribution is 0.188. The quantitative estimate of drug-likeness (QED) is 0.770. The smallest absolute Gasteiger partial charge is 0.265 e. The Kier molecular flexibility index (Phi) is 6.30. The normalized spacial score (nSPS) is 15.7. The molecule has 0 bridgehead atoms. The van der Waals surface area contributed by atoms with Gasteiger partial charge in [0.05, 0.1) is 12.3 Å². The molecular formula is C19H26N4O3S. The van der Waals surface area contributed by atoms with Gasteiger partial charge in [0.2, 0.25) is 0 Å². The van der Waals surface area contributed by atoms with Crippen molar-refractivity contribution in [1.29, 1.82) is 0 Å². The highest BCUT2D eigenvalue weighted by atomic mass is 32.2. The Morgan fingerprint density at radius 3 is 2.33 bits per heavy atom. The van der Waals surface area contributed by atoms with Crippen molar-refractivity contribution in [3.05, 3.63) is 48.7 Å². The first-order valence-electron chi connectivity index (χ1n) is 9.18. The Hall–Kier alpha value is -2.16. The van der Waals surface area contributed by atoms with E-state index in [9.17, 15) is 8.42 Å². The molecule has 3 rings (SSSR count). The number of aliphatic hydroxyl groups is 1. The van der Waals surface area contributed by atoms with Crippen LogP contribution in [0.5, 0.6) is 0 Å². The van der Waals surface area contributed by atoms with Gasteiger partial charge in [-0.2, -0.15) is 0 Å². The van der Waals surface area contributed by atoms with Crippen LogP contribution in [0.1, 0.15) is 6.92 Å². The predicted octanol–water partition coefficient (Wildman–Crippen LogP) is 1.41. The van der Waals surface area contributed by atoms with Crippen molar-refractivity contribution in [2.24, 2.45) is 0 Å². The molecule has 1 saturated heterocycles. The Balaban J connectivity index is 1.74. The first kappa shape index (κ1) is 19.6. The van der Waals surface area contributed by atoms with Crippen LogP contribution in [0.25, 0.3) is 0 Å². The van der Waals surface area contributed by atoms with Crippen molar-refractivity contribution < 1.29 is 13.5 Å². The molecule has 0 amide bonds. The lowest BCUT2D eigenvalue weighted by atomic mass is 10.3. The summed E-state index contributed by atoms with van der Waals surface area (Å²) < 4.78 is 27.4. The summed E-state index contributed by atoms with van der Waals surface area (Å²) in [5, 5.41) is 9.03. The van der Waals surface area contributed by atoms with Gasteiger partial charge in [0.25, 0.3) is 10.0 Å². The molecule has 1 aromatic heterocycles. The molecule has 146 valence electrons. The molecule has 1 N–H and O–H groups in total. The number of rotatable bonds is 7. The van der Waals surface area contributed by atoms with Gasteiger partial charge in [-0.3, -0.25) is 9.21 Å². The van der Waals surface area contributed by atoms with Crippen LogP contribution in [0.3, 0.4) is 0 Å². The van der Waals surface area contributed by atoms with Gasteiger partial charge in [0, 0.05) is 45.5 Å². The van der Waals surface area contributed by atoms with Gasteiger partial charge in [-0.1, -0.05) is 18.2 Å². The molecule has 0 radical (unpaired) electrons. The minimum absolute atomic E-state index is 0.167. The number of para-hydroxylation sites is 1. The Morgan fingerprint density at radius 1 is 1.07 bits per heavy atom. The molecule has 8 heteroatoms. The number of benzene rings is 1. The lowest BCUT2D eigenvalue weighted by Gasteiger charge is -2.35. The molecule has 0 atom stereocenters. The van der Waals surface area contributed by atoms with E-state index in [0.717, 1.165) is 32.0 Å². The summed E-state index contributed by atoms with van der Waals surface area (Å²) in [5.74, 6) is 0.778. The van der Waals surface area contributed by atoms with E-state index in [1.54, 1.807) is 24.3 Å². The molecule has 1 fully saturated rings. The fourth-order valence-electron chi connectivity index (χ4n) is 3.27. The van der Waals surface area contributed by atoms with E-state index in [1.165, 1.54) is 10.5 Å². The van der Waals surface area contributed by atoms with Crippen LogP contribution in [0, 0.1) is 0 Å². The third-order valence-electron chi connectivity index (χ3n) is 4.75. The minimum atomic E-state index is -3.65. The summed E-state index contributed by atoms with van der Waals surface area (Å²) in [6.45, 7) is 6.36. The average Bonchev–Trinajstić information content (AvgIpc) is 2.70. The third kappa shape index (κ3) is 4.40. The molecule has 0 saturated carbocycles. The van der Waals surface area contributed by atoms with Crippen LogP contribution in [0.4, 0.5) is 11.5 Å². The monoisotopic (exact) mass is 390 g/mol. The Morgan fingerprint density at radius 2 is 1.78 bits per heavy atom. The zero-order valence-corrected chi connectivity index (χ0v) is 16.3. The first-order valence-corrected chi connectivity index (χ1v) is 10.6. The van der Waals surface area contributed by atoms with Crippen LogP contribution in [0.15, 0.2) is 53.6 Å². The molecule has 0 spiro atoms. The van der Waals surface area contributed by atoms with Gasteiger partial charge >= 0.3 is 0 Å². The summed E-state index contributed by atoms with van der Waals surface area (Å²) in [5.41, 5.74) is 0.643. The van der Waals surface area contributed by atoms with Gasteiger partial charge < -0.3 is 10.0 Å². The van der Waals surface area contributed by atoms with Crippen molar-refractivity contribution in [2.45, 2.75) is 11.8 Å².